The number of ether oxygens (including phenoxy) is 2. The summed E-state index contributed by atoms with van der Waals surface area (Å²) in [5.41, 5.74) is 0. The van der Waals surface area contributed by atoms with Crippen LogP contribution in [0.4, 0.5) is 5.82 Å². The van der Waals surface area contributed by atoms with Gasteiger partial charge in [-0.2, -0.15) is 5.10 Å². The van der Waals surface area contributed by atoms with E-state index in [0.717, 1.165) is 0 Å². The summed E-state index contributed by atoms with van der Waals surface area (Å²) in [7, 11) is 3.38. The zero-order valence-corrected chi connectivity index (χ0v) is 10.7. The summed E-state index contributed by atoms with van der Waals surface area (Å²) in [6.07, 6.45) is 0.312. The highest BCUT2D eigenvalue weighted by Crippen LogP contribution is 2.16. The highest BCUT2D eigenvalue weighted by Gasteiger charge is 2.12. The van der Waals surface area contributed by atoms with Crippen LogP contribution in [0.15, 0.2) is 6.07 Å². The second-order valence-electron chi connectivity index (χ2n) is 3.75. The lowest BCUT2D eigenvalue weighted by Crippen LogP contribution is -2.21. The molecule has 0 saturated heterocycles. The summed E-state index contributed by atoms with van der Waals surface area (Å²) < 4.78 is 11.6. The molecule has 6 heteroatoms. The molecule has 0 saturated carbocycles. The van der Waals surface area contributed by atoms with Crippen LogP contribution in [0.2, 0.25) is 0 Å². The molecule has 1 rings (SSSR count). The lowest BCUT2D eigenvalue weighted by molar-refractivity contribution is -0.143. The van der Waals surface area contributed by atoms with Crippen molar-refractivity contribution in [2.45, 2.75) is 26.3 Å². The van der Waals surface area contributed by atoms with Crippen molar-refractivity contribution in [3.8, 4) is 5.88 Å². The molecule has 0 aromatic carbocycles. The Morgan fingerprint density at radius 1 is 1.65 bits per heavy atom. The molecule has 0 spiro atoms. The number of aromatic nitrogens is 2. The van der Waals surface area contributed by atoms with Gasteiger partial charge in [-0.05, 0) is 13.8 Å². The van der Waals surface area contributed by atoms with E-state index in [1.807, 2.05) is 6.92 Å². The number of hydrogen-bond donors (Lipinski definition) is 1. The third kappa shape index (κ3) is 3.97. The predicted molar refractivity (Wildman–Crippen MR) is 64.1 cm³/mol. The highest BCUT2D eigenvalue weighted by atomic mass is 16.5. The fourth-order valence-corrected chi connectivity index (χ4v) is 1.49. The molecule has 6 nitrogen and oxygen atoms in total. The van der Waals surface area contributed by atoms with E-state index in [0.29, 0.717) is 24.7 Å². The minimum Gasteiger partial charge on any atom is -0.481 e. The fourth-order valence-electron chi connectivity index (χ4n) is 1.49. The number of anilines is 1. The molecule has 0 amide bonds. The Labute approximate surface area is 101 Å². The van der Waals surface area contributed by atoms with E-state index < -0.39 is 0 Å². The normalized spacial score (nSPS) is 12.0. The number of rotatable bonds is 6. The third-order valence-electron chi connectivity index (χ3n) is 2.22. The molecular weight excluding hydrogens is 222 g/mol. The molecule has 0 aliphatic heterocycles. The van der Waals surface area contributed by atoms with Crippen LogP contribution in [0.5, 0.6) is 5.88 Å². The van der Waals surface area contributed by atoms with Crippen LogP contribution in [-0.4, -0.2) is 35.5 Å². The van der Waals surface area contributed by atoms with Gasteiger partial charge in [-0.3, -0.25) is 4.79 Å². The standard InChI is InChI=1S/C11H19N3O3/c1-5-17-11(15)6-8(2)12-9-7-10(16-4)14(3)13-9/h7-8H,5-6H2,1-4H3,(H,12,13). The van der Waals surface area contributed by atoms with Crippen LogP contribution in [0.25, 0.3) is 0 Å². The summed E-state index contributed by atoms with van der Waals surface area (Å²) in [4.78, 5) is 11.3. The Balaban J connectivity index is 2.49. The number of carbonyl (C=O) groups is 1. The van der Waals surface area contributed by atoms with Crippen molar-refractivity contribution in [2.24, 2.45) is 7.05 Å². The zero-order chi connectivity index (χ0) is 12.8. The molecule has 0 fully saturated rings. The maximum absolute atomic E-state index is 11.3. The first-order valence-electron chi connectivity index (χ1n) is 5.57. The lowest BCUT2D eigenvalue weighted by atomic mass is 10.2. The molecule has 1 atom stereocenters. The van der Waals surface area contributed by atoms with Gasteiger partial charge < -0.3 is 14.8 Å². The van der Waals surface area contributed by atoms with Crippen molar-refractivity contribution in [2.75, 3.05) is 19.0 Å². The Bertz CT molecular complexity index is 376. The number of nitrogens with one attached hydrogen (secondary N) is 1. The number of carbonyl (C=O) groups excluding carboxylic acids is 1. The van der Waals surface area contributed by atoms with Crippen LogP contribution in [-0.2, 0) is 16.6 Å². The van der Waals surface area contributed by atoms with Crippen molar-refractivity contribution in [3.63, 3.8) is 0 Å². The molecule has 1 aromatic rings. The number of aryl methyl sites for hydroxylation is 1. The van der Waals surface area contributed by atoms with Crippen LogP contribution >= 0.6 is 0 Å². The van der Waals surface area contributed by atoms with Crippen LogP contribution in [0.1, 0.15) is 20.3 Å². The molecule has 1 N–H and O–H groups in total. The van der Waals surface area contributed by atoms with Crippen LogP contribution < -0.4 is 10.1 Å². The van der Waals surface area contributed by atoms with E-state index in [9.17, 15) is 4.79 Å². The summed E-state index contributed by atoms with van der Waals surface area (Å²) in [6, 6.07) is 1.75. The van der Waals surface area contributed by atoms with Crippen molar-refractivity contribution in [1.29, 1.82) is 0 Å². The van der Waals surface area contributed by atoms with Gasteiger partial charge in [0.05, 0.1) is 20.1 Å². The molecular formula is C11H19N3O3. The molecule has 1 unspecified atom stereocenters. The first-order valence-corrected chi connectivity index (χ1v) is 5.57. The summed E-state index contributed by atoms with van der Waals surface area (Å²) in [5.74, 6) is 1.13. The van der Waals surface area contributed by atoms with Gasteiger partial charge in [0.1, 0.15) is 0 Å². The van der Waals surface area contributed by atoms with Crippen molar-refractivity contribution in [3.05, 3.63) is 6.07 Å². The first kappa shape index (κ1) is 13.3. The monoisotopic (exact) mass is 241 g/mol. The van der Waals surface area contributed by atoms with Gasteiger partial charge >= 0.3 is 5.97 Å². The Morgan fingerprint density at radius 2 is 2.35 bits per heavy atom. The van der Waals surface area contributed by atoms with Gasteiger partial charge in [-0.15, -0.1) is 0 Å². The van der Waals surface area contributed by atoms with Crippen LogP contribution in [0, 0.1) is 0 Å². The number of nitrogens with zero attached hydrogens (tertiary/aromatic N) is 2. The maximum Gasteiger partial charge on any atom is 0.307 e. The van der Waals surface area contributed by atoms with Crippen LogP contribution in [0.3, 0.4) is 0 Å². The summed E-state index contributed by atoms with van der Waals surface area (Å²) in [5, 5.41) is 7.32. The van der Waals surface area contributed by atoms with Gasteiger partial charge in [0, 0.05) is 19.2 Å². The third-order valence-corrected chi connectivity index (χ3v) is 2.22. The topological polar surface area (TPSA) is 65.4 Å². The van der Waals surface area contributed by atoms with E-state index in [4.69, 9.17) is 9.47 Å². The molecule has 96 valence electrons. The summed E-state index contributed by atoms with van der Waals surface area (Å²) >= 11 is 0. The average Bonchev–Trinajstić information content (AvgIpc) is 2.58. The lowest BCUT2D eigenvalue weighted by Gasteiger charge is -2.11. The molecule has 0 aliphatic carbocycles. The van der Waals surface area contributed by atoms with Gasteiger partial charge in [-0.1, -0.05) is 0 Å². The molecule has 0 bridgehead atoms. The predicted octanol–water partition coefficient (Wildman–Crippen LogP) is 1.18. The van der Waals surface area contributed by atoms with Gasteiger partial charge in [0.2, 0.25) is 5.88 Å². The van der Waals surface area contributed by atoms with Crippen molar-refractivity contribution in [1.82, 2.24) is 9.78 Å². The molecule has 1 aromatic heterocycles. The number of hydrogen-bond acceptors (Lipinski definition) is 5. The van der Waals surface area contributed by atoms with E-state index in [-0.39, 0.29) is 12.0 Å². The van der Waals surface area contributed by atoms with E-state index in [1.165, 1.54) is 0 Å². The molecule has 17 heavy (non-hydrogen) atoms. The first-order chi connectivity index (χ1) is 8.06. The number of esters is 1. The van der Waals surface area contributed by atoms with E-state index in [1.54, 1.807) is 31.8 Å². The largest absolute Gasteiger partial charge is 0.481 e. The molecule has 0 radical (unpaired) electrons. The van der Waals surface area contributed by atoms with Gasteiger partial charge in [0.25, 0.3) is 0 Å². The van der Waals surface area contributed by atoms with Crippen molar-refractivity contribution < 1.29 is 14.3 Å². The minimum absolute atomic E-state index is 0.0337. The highest BCUT2D eigenvalue weighted by molar-refractivity contribution is 5.70. The maximum atomic E-state index is 11.3. The van der Waals surface area contributed by atoms with E-state index in [2.05, 4.69) is 10.4 Å². The van der Waals surface area contributed by atoms with Crippen molar-refractivity contribution >= 4 is 11.8 Å². The number of methoxy groups -OCH3 is 1. The Kier molecular flexibility index (Phi) is 4.81. The molecule has 1 heterocycles. The zero-order valence-electron chi connectivity index (χ0n) is 10.7. The SMILES string of the molecule is CCOC(=O)CC(C)Nc1cc(OC)n(C)n1. The smallest absolute Gasteiger partial charge is 0.307 e. The summed E-state index contributed by atoms with van der Waals surface area (Å²) in [6.45, 7) is 4.10. The quantitative estimate of drug-likeness (QED) is 0.758. The Morgan fingerprint density at radius 3 is 2.88 bits per heavy atom. The second-order valence-corrected chi connectivity index (χ2v) is 3.75. The minimum atomic E-state index is -0.213. The van der Waals surface area contributed by atoms with Gasteiger partial charge in [0.15, 0.2) is 5.82 Å². The van der Waals surface area contributed by atoms with Gasteiger partial charge in [-0.25, -0.2) is 4.68 Å². The van der Waals surface area contributed by atoms with E-state index >= 15 is 0 Å². The Hall–Kier alpha value is -1.72. The fraction of sp³-hybridized carbons (Fsp3) is 0.636. The average molecular weight is 241 g/mol. The second kappa shape index (κ2) is 6.12. The molecule has 0 aliphatic rings.